The summed E-state index contributed by atoms with van der Waals surface area (Å²) in [5.41, 5.74) is 1.56. The van der Waals surface area contributed by atoms with Gasteiger partial charge in [-0.2, -0.15) is 0 Å². The highest BCUT2D eigenvalue weighted by Gasteiger charge is 2.09. The predicted molar refractivity (Wildman–Crippen MR) is 86.2 cm³/mol. The third-order valence-corrected chi connectivity index (χ3v) is 3.36. The van der Waals surface area contributed by atoms with Crippen LogP contribution in [-0.4, -0.2) is 10.9 Å². The van der Waals surface area contributed by atoms with E-state index in [1.807, 2.05) is 30.3 Å². The number of nitro groups is 1. The van der Waals surface area contributed by atoms with Crippen molar-refractivity contribution in [3.63, 3.8) is 0 Å². The summed E-state index contributed by atoms with van der Waals surface area (Å²) in [7, 11) is 0. The van der Waals surface area contributed by atoms with Crippen LogP contribution in [-0.2, 0) is 16.1 Å². The molecule has 0 aliphatic heterocycles. The molecule has 22 heavy (non-hydrogen) atoms. The summed E-state index contributed by atoms with van der Waals surface area (Å²) in [4.78, 5) is 21.9. The summed E-state index contributed by atoms with van der Waals surface area (Å²) in [5, 5.41) is 10.5. The quantitative estimate of drug-likeness (QED) is 0.348. The normalized spacial score (nSPS) is 11.0. The van der Waals surface area contributed by atoms with Crippen molar-refractivity contribution in [3.8, 4) is 0 Å². The zero-order chi connectivity index (χ0) is 15.9. The maximum absolute atomic E-state index is 11.9. The molecule has 0 bridgehead atoms. The highest BCUT2D eigenvalue weighted by Crippen LogP contribution is 2.16. The van der Waals surface area contributed by atoms with Crippen LogP contribution in [0.1, 0.15) is 11.1 Å². The maximum atomic E-state index is 11.9. The van der Waals surface area contributed by atoms with Crippen molar-refractivity contribution in [3.05, 3.63) is 80.3 Å². The fraction of sp³-hybridized carbons (Fsp3) is 0.0625. The molecule has 112 valence electrons. The summed E-state index contributed by atoms with van der Waals surface area (Å²) < 4.78 is 5.44. The lowest BCUT2D eigenvalue weighted by molar-refractivity contribution is -0.384. The second-order valence-corrected chi connectivity index (χ2v) is 5.26. The number of nitrogens with zero attached hydrogens (tertiary/aromatic N) is 1. The molecule has 0 atom stereocenters. The second-order valence-electron chi connectivity index (χ2n) is 4.40. The van der Waals surface area contributed by atoms with Crippen LogP contribution in [0.4, 0.5) is 5.69 Å². The molecule has 0 fully saturated rings. The van der Waals surface area contributed by atoms with E-state index in [9.17, 15) is 14.9 Å². The van der Waals surface area contributed by atoms with Crippen LogP contribution >= 0.6 is 15.9 Å². The number of benzene rings is 2. The summed E-state index contributed by atoms with van der Waals surface area (Å²) in [6.45, 7) is 0.0502. The molecule has 0 aromatic heterocycles. The smallest absolute Gasteiger partial charge is 0.345 e. The molecule has 0 N–H and O–H groups in total. The number of nitro benzene ring substituents is 1. The summed E-state index contributed by atoms with van der Waals surface area (Å²) in [6, 6.07) is 15.2. The minimum atomic E-state index is -0.498. The van der Waals surface area contributed by atoms with Gasteiger partial charge in [0, 0.05) is 12.1 Å². The van der Waals surface area contributed by atoms with Gasteiger partial charge in [-0.15, -0.1) is 0 Å². The molecule has 0 saturated carbocycles. The van der Waals surface area contributed by atoms with E-state index >= 15 is 0 Å². The topological polar surface area (TPSA) is 69.4 Å². The van der Waals surface area contributed by atoms with Gasteiger partial charge in [0.2, 0.25) is 0 Å². The number of hydrogen-bond donors (Lipinski definition) is 0. The Morgan fingerprint density at radius 2 is 1.77 bits per heavy atom. The molecule has 0 saturated heterocycles. The van der Waals surface area contributed by atoms with E-state index in [0.29, 0.717) is 10.0 Å². The molecule has 2 aromatic carbocycles. The summed E-state index contributed by atoms with van der Waals surface area (Å²) >= 11 is 3.18. The first-order valence-electron chi connectivity index (χ1n) is 6.39. The van der Waals surface area contributed by atoms with Gasteiger partial charge < -0.3 is 4.74 Å². The largest absolute Gasteiger partial charge is 0.457 e. The van der Waals surface area contributed by atoms with E-state index < -0.39 is 10.9 Å². The van der Waals surface area contributed by atoms with E-state index in [0.717, 1.165) is 5.56 Å². The Balaban J connectivity index is 1.94. The van der Waals surface area contributed by atoms with Gasteiger partial charge in [-0.05, 0) is 45.3 Å². The average molecular weight is 362 g/mol. The van der Waals surface area contributed by atoms with Gasteiger partial charge in [-0.1, -0.05) is 30.3 Å². The monoisotopic (exact) mass is 361 g/mol. The number of rotatable bonds is 5. The van der Waals surface area contributed by atoms with Crippen molar-refractivity contribution < 1.29 is 14.5 Å². The van der Waals surface area contributed by atoms with Crippen LogP contribution in [0.15, 0.2) is 59.1 Å². The van der Waals surface area contributed by atoms with Crippen LogP contribution in [0.2, 0.25) is 0 Å². The first-order valence-corrected chi connectivity index (χ1v) is 7.18. The minimum Gasteiger partial charge on any atom is -0.457 e. The van der Waals surface area contributed by atoms with Crippen LogP contribution in [0.25, 0.3) is 6.08 Å². The molecular formula is C16H12BrNO4. The molecule has 0 spiro atoms. The molecule has 0 heterocycles. The molecule has 2 aromatic rings. The first kappa shape index (κ1) is 15.9. The van der Waals surface area contributed by atoms with Gasteiger partial charge in [0.05, 0.1) is 4.92 Å². The lowest BCUT2D eigenvalue weighted by Gasteiger charge is -2.04. The Morgan fingerprint density at radius 3 is 2.36 bits per heavy atom. The Kier molecular flexibility index (Phi) is 5.43. The van der Waals surface area contributed by atoms with Gasteiger partial charge in [0.1, 0.15) is 11.1 Å². The zero-order valence-corrected chi connectivity index (χ0v) is 13.0. The van der Waals surface area contributed by atoms with Crippen LogP contribution < -0.4 is 0 Å². The lowest BCUT2D eigenvalue weighted by Crippen LogP contribution is -2.04. The predicted octanol–water partition coefficient (Wildman–Crippen LogP) is 4.07. The summed E-state index contributed by atoms with van der Waals surface area (Å²) in [5.74, 6) is -0.498. The first-order chi connectivity index (χ1) is 10.6. The number of non-ortho nitro benzene ring substituents is 1. The number of carbonyl (C=O) groups is 1. The number of hydrogen-bond acceptors (Lipinski definition) is 4. The standard InChI is InChI=1S/C16H12BrNO4/c17-15(10-12-4-2-1-3-5-12)16(19)22-11-13-6-8-14(9-7-13)18(20)21/h1-10H,11H2. The van der Waals surface area contributed by atoms with Crippen molar-refractivity contribution >= 4 is 33.7 Å². The number of ether oxygens (including phenoxy) is 1. The van der Waals surface area contributed by atoms with E-state index in [1.54, 1.807) is 18.2 Å². The number of halogens is 1. The molecule has 0 aliphatic carbocycles. The van der Waals surface area contributed by atoms with Crippen molar-refractivity contribution in [1.82, 2.24) is 0 Å². The lowest BCUT2D eigenvalue weighted by atomic mass is 10.2. The van der Waals surface area contributed by atoms with Crippen molar-refractivity contribution in [2.75, 3.05) is 0 Å². The Labute approximate surface area is 135 Å². The molecular weight excluding hydrogens is 350 g/mol. The second kappa shape index (κ2) is 7.51. The van der Waals surface area contributed by atoms with Gasteiger partial charge in [0.25, 0.3) is 5.69 Å². The molecule has 5 nitrogen and oxygen atoms in total. The average Bonchev–Trinajstić information content (AvgIpc) is 2.53. The molecule has 6 heteroatoms. The minimum absolute atomic E-state index is 0.000213. The van der Waals surface area contributed by atoms with Crippen molar-refractivity contribution in [2.24, 2.45) is 0 Å². The highest BCUT2D eigenvalue weighted by molar-refractivity contribution is 9.12. The fourth-order valence-corrected chi connectivity index (χ4v) is 2.07. The third kappa shape index (κ3) is 4.53. The van der Waals surface area contributed by atoms with Gasteiger partial charge >= 0.3 is 5.97 Å². The third-order valence-electron chi connectivity index (χ3n) is 2.81. The van der Waals surface area contributed by atoms with E-state index in [4.69, 9.17) is 4.74 Å². The number of esters is 1. The van der Waals surface area contributed by atoms with Crippen molar-refractivity contribution in [2.45, 2.75) is 6.61 Å². The van der Waals surface area contributed by atoms with Gasteiger partial charge in [-0.3, -0.25) is 10.1 Å². The highest BCUT2D eigenvalue weighted by atomic mass is 79.9. The Hall–Kier alpha value is -2.47. The molecule has 2 rings (SSSR count). The van der Waals surface area contributed by atoms with Crippen LogP contribution in [0, 0.1) is 10.1 Å². The molecule has 0 unspecified atom stereocenters. The van der Waals surface area contributed by atoms with E-state index in [-0.39, 0.29) is 12.3 Å². The fourth-order valence-electron chi connectivity index (χ4n) is 1.69. The molecule has 0 amide bonds. The van der Waals surface area contributed by atoms with E-state index in [2.05, 4.69) is 15.9 Å². The molecule has 0 aliphatic rings. The maximum Gasteiger partial charge on any atom is 0.345 e. The van der Waals surface area contributed by atoms with E-state index in [1.165, 1.54) is 12.1 Å². The van der Waals surface area contributed by atoms with Crippen LogP contribution in [0.5, 0.6) is 0 Å². The molecule has 0 radical (unpaired) electrons. The Bertz CT molecular complexity index is 696. The summed E-state index contributed by atoms with van der Waals surface area (Å²) in [6.07, 6.45) is 1.66. The number of carbonyl (C=O) groups excluding carboxylic acids is 1. The SMILES string of the molecule is O=C(OCc1ccc([N+](=O)[O-])cc1)C(Br)=Cc1ccccc1. The van der Waals surface area contributed by atoms with Crippen molar-refractivity contribution in [1.29, 1.82) is 0 Å². The Morgan fingerprint density at radius 1 is 1.14 bits per heavy atom. The van der Waals surface area contributed by atoms with Gasteiger partial charge in [-0.25, -0.2) is 4.79 Å². The van der Waals surface area contributed by atoms with Gasteiger partial charge in [0.15, 0.2) is 0 Å². The zero-order valence-electron chi connectivity index (χ0n) is 11.4. The van der Waals surface area contributed by atoms with Crippen LogP contribution in [0.3, 0.4) is 0 Å².